The van der Waals surface area contributed by atoms with Crippen LogP contribution in [0.25, 0.3) is 0 Å². The lowest BCUT2D eigenvalue weighted by Crippen LogP contribution is -2.37. The molecule has 0 unspecified atom stereocenters. The normalized spacial score (nSPS) is 10.1. The zero-order valence-corrected chi connectivity index (χ0v) is 10.7. The molecule has 0 radical (unpaired) electrons. The van der Waals surface area contributed by atoms with Gasteiger partial charge in [-0.25, -0.2) is 5.43 Å². The van der Waals surface area contributed by atoms with Gasteiger partial charge in [0.05, 0.1) is 11.1 Å². The highest BCUT2D eigenvalue weighted by molar-refractivity contribution is 6.35. The molecule has 0 bridgehead atoms. The minimum Gasteiger partial charge on any atom is -0.868 e. The number of hydrazone groups is 1. The number of rotatable bonds is 5. The van der Waals surface area contributed by atoms with Gasteiger partial charge in [-0.05, 0) is 5.75 Å². The van der Waals surface area contributed by atoms with Crippen molar-refractivity contribution in [2.24, 2.45) is 5.10 Å². The molecule has 0 aliphatic heterocycles. The maximum Gasteiger partial charge on any atom is 0.329 e. The molecule has 9 heteroatoms. The van der Waals surface area contributed by atoms with E-state index in [4.69, 9.17) is 0 Å². The van der Waals surface area contributed by atoms with Crippen LogP contribution in [-0.4, -0.2) is 29.5 Å². The van der Waals surface area contributed by atoms with Crippen LogP contribution in [-0.2, 0) is 9.59 Å². The van der Waals surface area contributed by atoms with E-state index in [9.17, 15) is 24.8 Å². The summed E-state index contributed by atoms with van der Waals surface area (Å²) in [7, 11) is 0. The topological polar surface area (TPSA) is 137 Å². The van der Waals surface area contributed by atoms with Gasteiger partial charge in [-0.3, -0.25) is 19.7 Å². The van der Waals surface area contributed by atoms with Crippen molar-refractivity contribution in [1.82, 2.24) is 10.7 Å². The number of nitro groups is 1. The number of hydrogen-bond donors (Lipinski definition) is 2. The standard InChI is InChI=1S/C12H12N4O5/c1-2-5-13-11(18)12(19)15-14-7-8-3-4-10(17)9(6-8)16(20)21/h2-4,6-7,17H,1,5H2,(H,13,18)(H,15,19)/p-1/b14-7-. The Bertz CT molecular complexity index is 612. The van der Waals surface area contributed by atoms with E-state index in [-0.39, 0.29) is 12.1 Å². The Morgan fingerprint density at radius 1 is 1.38 bits per heavy atom. The summed E-state index contributed by atoms with van der Waals surface area (Å²) in [6.45, 7) is 3.50. The first kappa shape index (κ1) is 15.8. The number of nitro benzene ring substituents is 1. The Morgan fingerprint density at radius 2 is 2.10 bits per heavy atom. The van der Waals surface area contributed by atoms with Crippen molar-refractivity contribution in [1.29, 1.82) is 0 Å². The monoisotopic (exact) mass is 291 g/mol. The third-order valence-corrected chi connectivity index (χ3v) is 2.17. The average Bonchev–Trinajstić information content (AvgIpc) is 2.45. The zero-order chi connectivity index (χ0) is 15.8. The molecule has 0 saturated heterocycles. The summed E-state index contributed by atoms with van der Waals surface area (Å²) in [6, 6.07) is 3.32. The molecule has 0 heterocycles. The summed E-state index contributed by atoms with van der Waals surface area (Å²) in [4.78, 5) is 32.2. The minimum absolute atomic E-state index is 0.132. The fraction of sp³-hybridized carbons (Fsp3) is 0.0833. The molecule has 0 aromatic heterocycles. The van der Waals surface area contributed by atoms with Crippen LogP contribution >= 0.6 is 0 Å². The number of carbonyl (C=O) groups is 2. The van der Waals surface area contributed by atoms with Crippen LogP contribution in [0.1, 0.15) is 5.56 Å². The van der Waals surface area contributed by atoms with Crippen LogP contribution in [0, 0.1) is 10.1 Å². The van der Waals surface area contributed by atoms with Gasteiger partial charge >= 0.3 is 11.8 Å². The summed E-state index contributed by atoms with van der Waals surface area (Å²) in [6.07, 6.45) is 2.48. The lowest BCUT2D eigenvalue weighted by atomic mass is 10.2. The molecule has 0 aliphatic carbocycles. The molecular formula is C12H11N4O5-. The highest BCUT2D eigenvalue weighted by atomic mass is 16.6. The third kappa shape index (κ3) is 4.74. The van der Waals surface area contributed by atoms with Crippen LogP contribution in [0.3, 0.4) is 0 Å². The van der Waals surface area contributed by atoms with Crippen molar-refractivity contribution in [3.63, 3.8) is 0 Å². The van der Waals surface area contributed by atoms with E-state index in [2.05, 4.69) is 17.0 Å². The van der Waals surface area contributed by atoms with Crippen LogP contribution in [0.2, 0.25) is 0 Å². The summed E-state index contributed by atoms with van der Waals surface area (Å²) >= 11 is 0. The molecule has 0 spiro atoms. The molecule has 0 saturated carbocycles. The Morgan fingerprint density at radius 3 is 2.71 bits per heavy atom. The van der Waals surface area contributed by atoms with E-state index in [1.165, 1.54) is 12.1 Å². The van der Waals surface area contributed by atoms with E-state index >= 15 is 0 Å². The van der Waals surface area contributed by atoms with Crippen molar-refractivity contribution in [2.75, 3.05) is 6.54 Å². The molecule has 1 aromatic rings. The Labute approximate surface area is 119 Å². The number of benzene rings is 1. The molecule has 0 atom stereocenters. The maximum atomic E-state index is 11.2. The largest absolute Gasteiger partial charge is 0.868 e. The maximum absolute atomic E-state index is 11.2. The zero-order valence-electron chi connectivity index (χ0n) is 10.7. The second kappa shape index (κ2) is 7.38. The SMILES string of the molecule is C=CCNC(=O)C(=O)N/N=C\c1ccc([O-])c([N+](=O)[O-])c1. The van der Waals surface area contributed by atoms with Gasteiger partial charge in [-0.1, -0.05) is 18.2 Å². The van der Waals surface area contributed by atoms with E-state index in [1.54, 1.807) is 0 Å². The number of carbonyl (C=O) groups excluding carboxylic acids is 2. The lowest BCUT2D eigenvalue weighted by Gasteiger charge is -2.05. The number of nitrogens with one attached hydrogen (secondary N) is 2. The number of nitrogens with zero attached hydrogens (tertiary/aromatic N) is 2. The van der Waals surface area contributed by atoms with Crippen LogP contribution in [0.5, 0.6) is 5.75 Å². The van der Waals surface area contributed by atoms with Gasteiger partial charge in [0.1, 0.15) is 0 Å². The van der Waals surface area contributed by atoms with E-state index in [0.29, 0.717) is 0 Å². The predicted molar refractivity (Wildman–Crippen MR) is 71.5 cm³/mol. The van der Waals surface area contributed by atoms with Crippen LogP contribution in [0.15, 0.2) is 36.0 Å². The van der Waals surface area contributed by atoms with Crippen LogP contribution < -0.4 is 15.8 Å². The van der Waals surface area contributed by atoms with Crippen molar-refractivity contribution in [2.45, 2.75) is 0 Å². The van der Waals surface area contributed by atoms with Gasteiger partial charge < -0.3 is 10.4 Å². The second-order valence-electron chi connectivity index (χ2n) is 3.68. The van der Waals surface area contributed by atoms with Gasteiger partial charge in [0.15, 0.2) is 0 Å². The molecule has 0 aliphatic rings. The van der Waals surface area contributed by atoms with Crippen molar-refractivity contribution in [3.8, 4) is 5.75 Å². The third-order valence-electron chi connectivity index (χ3n) is 2.17. The first-order valence-electron chi connectivity index (χ1n) is 5.63. The van der Waals surface area contributed by atoms with Gasteiger partial charge in [0, 0.05) is 18.2 Å². The number of hydrogen-bond acceptors (Lipinski definition) is 6. The predicted octanol–water partition coefficient (Wildman–Crippen LogP) is -0.579. The van der Waals surface area contributed by atoms with E-state index in [1.807, 2.05) is 5.43 Å². The first-order valence-corrected chi connectivity index (χ1v) is 5.63. The molecule has 9 nitrogen and oxygen atoms in total. The quantitative estimate of drug-likeness (QED) is 0.246. The smallest absolute Gasteiger partial charge is 0.329 e. The number of amides is 2. The first-order chi connectivity index (χ1) is 9.95. The summed E-state index contributed by atoms with van der Waals surface area (Å²) in [5.41, 5.74) is 1.57. The van der Waals surface area contributed by atoms with E-state index in [0.717, 1.165) is 18.3 Å². The van der Waals surface area contributed by atoms with Gasteiger partial charge in [-0.2, -0.15) is 5.10 Å². The minimum atomic E-state index is -0.997. The highest BCUT2D eigenvalue weighted by Crippen LogP contribution is 2.22. The Balaban J connectivity index is 2.67. The Hall–Kier alpha value is -3.23. The molecular weight excluding hydrogens is 280 g/mol. The molecule has 2 N–H and O–H groups in total. The van der Waals surface area contributed by atoms with Gasteiger partial charge in [0.2, 0.25) is 0 Å². The molecule has 2 amide bonds. The van der Waals surface area contributed by atoms with Gasteiger partial charge in [-0.15, -0.1) is 6.58 Å². The summed E-state index contributed by atoms with van der Waals surface area (Å²) < 4.78 is 0. The molecule has 110 valence electrons. The average molecular weight is 291 g/mol. The van der Waals surface area contributed by atoms with E-state index < -0.39 is 28.2 Å². The summed E-state index contributed by atoms with van der Waals surface area (Å²) in [5, 5.41) is 27.4. The fourth-order valence-corrected chi connectivity index (χ4v) is 1.22. The Kier molecular flexibility index (Phi) is 5.56. The van der Waals surface area contributed by atoms with Crippen LogP contribution in [0.4, 0.5) is 5.69 Å². The van der Waals surface area contributed by atoms with Crippen molar-refractivity contribution in [3.05, 3.63) is 46.5 Å². The molecule has 1 aromatic carbocycles. The van der Waals surface area contributed by atoms with Crippen molar-refractivity contribution >= 4 is 23.7 Å². The lowest BCUT2D eigenvalue weighted by molar-refractivity contribution is -0.398. The molecule has 0 fully saturated rings. The second-order valence-corrected chi connectivity index (χ2v) is 3.68. The van der Waals surface area contributed by atoms with Gasteiger partial charge in [0.25, 0.3) is 5.69 Å². The summed E-state index contributed by atoms with van der Waals surface area (Å²) in [5.74, 6) is -2.62. The fourth-order valence-electron chi connectivity index (χ4n) is 1.22. The van der Waals surface area contributed by atoms with Crippen molar-refractivity contribution < 1.29 is 19.6 Å². The molecule has 1 rings (SSSR count). The highest BCUT2D eigenvalue weighted by Gasteiger charge is 2.11. The molecule has 21 heavy (non-hydrogen) atoms.